The molecule has 7 nitrogen and oxygen atoms in total. The third-order valence-electron chi connectivity index (χ3n) is 4.08. The number of nitrogens with one attached hydrogen (secondary N) is 2. The van der Waals surface area contributed by atoms with E-state index >= 15 is 0 Å². The number of carbonyl (C=O) groups excluding carboxylic acids is 3. The normalized spacial score (nSPS) is 12.1. The van der Waals surface area contributed by atoms with Crippen molar-refractivity contribution in [3.05, 3.63) is 59.8 Å². The van der Waals surface area contributed by atoms with Crippen LogP contribution in [-0.4, -0.2) is 36.4 Å². The fourth-order valence-electron chi connectivity index (χ4n) is 2.45. The summed E-state index contributed by atoms with van der Waals surface area (Å²) in [5, 5.41) is 3.41. The Balaban J connectivity index is 0.000000236. The van der Waals surface area contributed by atoms with Crippen LogP contribution in [0.15, 0.2) is 54.3 Å². The predicted octanol–water partition coefficient (Wildman–Crippen LogP) is 3.16. The maximum Gasteiger partial charge on any atom is 0.308 e. The van der Waals surface area contributed by atoms with Crippen LogP contribution < -0.4 is 11.1 Å². The van der Waals surface area contributed by atoms with Crippen molar-refractivity contribution in [3.8, 4) is 0 Å². The molecule has 1 aliphatic carbocycles. The minimum Gasteiger partial charge on any atom is -0.461 e. The van der Waals surface area contributed by atoms with Crippen molar-refractivity contribution in [1.29, 1.82) is 0 Å². The molecular formula is C23H31N3O4. The average Bonchev–Trinajstić information content (AvgIpc) is 3.13. The van der Waals surface area contributed by atoms with Gasteiger partial charge in [-0.15, -0.1) is 0 Å². The zero-order chi connectivity index (χ0) is 22.4. The zero-order valence-electron chi connectivity index (χ0n) is 17.8. The van der Waals surface area contributed by atoms with Crippen molar-refractivity contribution in [1.82, 2.24) is 10.3 Å². The van der Waals surface area contributed by atoms with E-state index in [1.54, 1.807) is 0 Å². The first-order chi connectivity index (χ1) is 14.3. The number of benzene rings is 1. The van der Waals surface area contributed by atoms with Gasteiger partial charge in [0.15, 0.2) is 0 Å². The Labute approximate surface area is 177 Å². The second-order valence-electron chi connectivity index (χ2n) is 7.00. The third kappa shape index (κ3) is 9.73. The van der Waals surface area contributed by atoms with Crippen LogP contribution in [0.2, 0.25) is 0 Å². The Morgan fingerprint density at radius 2 is 2.00 bits per heavy atom. The predicted molar refractivity (Wildman–Crippen MR) is 119 cm³/mol. The molecule has 0 spiro atoms. The number of carbonyl (C=O) groups is 3. The van der Waals surface area contributed by atoms with E-state index in [2.05, 4.69) is 53.3 Å². The van der Waals surface area contributed by atoms with Gasteiger partial charge in [0.25, 0.3) is 0 Å². The number of ether oxygens (including phenoxy) is 1. The van der Waals surface area contributed by atoms with Gasteiger partial charge in [-0.25, -0.2) is 0 Å². The zero-order valence-corrected chi connectivity index (χ0v) is 17.8. The quantitative estimate of drug-likeness (QED) is 0.498. The van der Waals surface area contributed by atoms with E-state index in [1.165, 1.54) is 16.5 Å². The molecule has 0 saturated carbocycles. The monoisotopic (exact) mass is 413 g/mol. The number of hydrogen-bond acceptors (Lipinski definition) is 4. The van der Waals surface area contributed by atoms with Crippen LogP contribution in [0.4, 0.5) is 0 Å². The maximum atomic E-state index is 11.1. The smallest absolute Gasteiger partial charge is 0.308 e. The van der Waals surface area contributed by atoms with Gasteiger partial charge in [-0.3, -0.25) is 14.4 Å². The molecule has 0 saturated heterocycles. The van der Waals surface area contributed by atoms with Crippen molar-refractivity contribution in [3.63, 3.8) is 0 Å². The van der Waals surface area contributed by atoms with Gasteiger partial charge < -0.3 is 20.8 Å². The largest absolute Gasteiger partial charge is 0.461 e. The molecule has 1 aromatic heterocycles. The highest BCUT2D eigenvalue weighted by Crippen LogP contribution is 2.15. The fourth-order valence-corrected chi connectivity index (χ4v) is 2.45. The number of nitrogens with two attached hydrogens (primary N) is 1. The van der Waals surface area contributed by atoms with Crippen LogP contribution >= 0.6 is 0 Å². The number of aryl methyl sites for hydroxylation is 1. The maximum absolute atomic E-state index is 11.1. The number of allylic oxidation sites excluding steroid dienone is 2. The van der Waals surface area contributed by atoms with Crippen LogP contribution in [0, 0.1) is 12.8 Å². The topological polar surface area (TPSA) is 114 Å². The van der Waals surface area contributed by atoms with Gasteiger partial charge in [-0.2, -0.15) is 0 Å². The van der Waals surface area contributed by atoms with Crippen LogP contribution in [0.25, 0.3) is 10.9 Å². The highest BCUT2D eigenvalue weighted by Gasteiger charge is 2.08. The molecule has 1 aliphatic rings. The molecule has 0 radical (unpaired) electrons. The summed E-state index contributed by atoms with van der Waals surface area (Å²) >= 11 is 0. The van der Waals surface area contributed by atoms with Crippen molar-refractivity contribution >= 4 is 29.2 Å². The molecule has 3 rings (SSSR count). The summed E-state index contributed by atoms with van der Waals surface area (Å²) in [7, 11) is 0. The molecule has 1 aromatic carbocycles. The lowest BCUT2D eigenvalue weighted by atomic mass is 10.1. The Hall–Kier alpha value is -3.35. The Morgan fingerprint density at radius 1 is 1.27 bits per heavy atom. The SMILES string of the molecule is CC(C)C(=O)OCC1=CCCC=C1.Cc1c[nH]c2ccccc12.NC(=O)CNC=O. The molecule has 0 atom stereocenters. The standard InChI is InChI=1S/C11H16O2.C9H9N.C3H6N2O2/c1-9(2)11(12)13-8-10-6-4-3-5-7-10;1-7-6-10-9-5-3-2-4-8(7)9;4-3(7)1-5-2-6/h4,6-7,9H,3,5,8H2,1-2H3;2-6,10H,1H3;2H,1H2,(H2,4,7)(H,5,6). The molecule has 0 aliphatic heterocycles. The van der Waals surface area contributed by atoms with E-state index in [1.807, 2.05) is 32.2 Å². The second kappa shape index (κ2) is 13.8. The summed E-state index contributed by atoms with van der Waals surface area (Å²) in [6, 6.07) is 8.31. The lowest BCUT2D eigenvalue weighted by Gasteiger charge is -2.09. The molecule has 0 bridgehead atoms. The summed E-state index contributed by atoms with van der Waals surface area (Å²) in [5.41, 5.74) is 8.27. The number of aromatic amines is 1. The molecular weight excluding hydrogens is 382 g/mol. The van der Waals surface area contributed by atoms with Crippen molar-refractivity contribution in [2.24, 2.45) is 11.7 Å². The first-order valence-corrected chi connectivity index (χ1v) is 9.85. The molecule has 1 heterocycles. The second-order valence-corrected chi connectivity index (χ2v) is 7.00. The summed E-state index contributed by atoms with van der Waals surface area (Å²) in [5.74, 6) is -0.694. The van der Waals surface area contributed by atoms with E-state index in [-0.39, 0.29) is 18.4 Å². The van der Waals surface area contributed by atoms with Gasteiger partial charge in [0.05, 0.1) is 12.5 Å². The van der Waals surface area contributed by atoms with E-state index in [0.717, 1.165) is 18.4 Å². The highest BCUT2D eigenvalue weighted by atomic mass is 16.5. The number of amides is 2. The van der Waals surface area contributed by atoms with Crippen molar-refractivity contribution < 1.29 is 19.1 Å². The number of aromatic nitrogens is 1. The van der Waals surface area contributed by atoms with Crippen LogP contribution in [0.3, 0.4) is 0 Å². The van der Waals surface area contributed by atoms with Gasteiger partial charge in [0, 0.05) is 17.1 Å². The fraction of sp³-hybridized carbons (Fsp3) is 0.348. The molecule has 30 heavy (non-hydrogen) atoms. The summed E-state index contributed by atoms with van der Waals surface area (Å²) in [4.78, 5) is 33.4. The van der Waals surface area contributed by atoms with E-state index in [0.29, 0.717) is 13.0 Å². The van der Waals surface area contributed by atoms with Gasteiger partial charge in [0.2, 0.25) is 12.3 Å². The van der Waals surface area contributed by atoms with E-state index in [4.69, 9.17) is 4.74 Å². The molecule has 162 valence electrons. The minimum absolute atomic E-state index is 0.0341. The average molecular weight is 414 g/mol. The first kappa shape index (κ1) is 24.7. The van der Waals surface area contributed by atoms with E-state index < -0.39 is 5.91 Å². The highest BCUT2D eigenvalue weighted by molar-refractivity contribution is 5.82. The van der Waals surface area contributed by atoms with Crippen LogP contribution in [0.1, 0.15) is 32.3 Å². The molecule has 0 fully saturated rings. The van der Waals surface area contributed by atoms with Gasteiger partial charge in [-0.05, 0) is 37.0 Å². The molecule has 2 aromatic rings. The number of hydrogen-bond donors (Lipinski definition) is 3. The first-order valence-electron chi connectivity index (χ1n) is 9.85. The lowest BCUT2D eigenvalue weighted by Crippen LogP contribution is -2.27. The van der Waals surface area contributed by atoms with Crippen molar-refractivity contribution in [2.75, 3.05) is 13.2 Å². The van der Waals surface area contributed by atoms with Crippen LogP contribution in [0.5, 0.6) is 0 Å². The number of rotatable bonds is 6. The van der Waals surface area contributed by atoms with Gasteiger partial charge in [0.1, 0.15) is 6.61 Å². The summed E-state index contributed by atoms with van der Waals surface area (Å²) < 4.78 is 5.08. The van der Waals surface area contributed by atoms with E-state index in [9.17, 15) is 14.4 Å². The summed E-state index contributed by atoms with van der Waals surface area (Å²) in [6.07, 6.45) is 10.9. The number of primary amides is 1. The number of para-hydroxylation sites is 1. The molecule has 4 N–H and O–H groups in total. The minimum atomic E-state index is -0.535. The van der Waals surface area contributed by atoms with Crippen LogP contribution in [-0.2, 0) is 19.1 Å². The number of fused-ring (bicyclic) bond motifs is 1. The summed E-state index contributed by atoms with van der Waals surface area (Å²) in [6.45, 7) is 6.14. The number of esters is 1. The Kier molecular flexibility index (Phi) is 11.3. The Bertz CT molecular complexity index is 881. The number of H-pyrrole nitrogens is 1. The third-order valence-corrected chi connectivity index (χ3v) is 4.08. The van der Waals surface area contributed by atoms with Gasteiger partial charge >= 0.3 is 5.97 Å². The molecule has 7 heteroatoms. The lowest BCUT2D eigenvalue weighted by molar-refractivity contribution is -0.146. The molecule has 0 unspecified atom stereocenters. The Morgan fingerprint density at radius 3 is 2.53 bits per heavy atom. The van der Waals surface area contributed by atoms with Gasteiger partial charge in [-0.1, -0.05) is 50.3 Å². The van der Waals surface area contributed by atoms with Crippen molar-refractivity contribution in [2.45, 2.75) is 33.6 Å². The molecule has 2 amide bonds.